The molecule has 2 N–H and O–H groups in total. The molecule has 2 heterocycles. The Labute approximate surface area is 116 Å². The number of nitrogen functional groups attached to an aromatic ring is 1. The first-order valence-electron chi connectivity index (χ1n) is 5.61. The van der Waals surface area contributed by atoms with E-state index in [0.29, 0.717) is 0 Å². The lowest BCUT2D eigenvalue weighted by Crippen LogP contribution is -2.08. The molecule has 0 saturated heterocycles. The second-order valence-corrected chi connectivity index (χ2v) is 3.79. The van der Waals surface area contributed by atoms with Gasteiger partial charge >= 0.3 is 6.01 Å². The first-order valence-corrected chi connectivity index (χ1v) is 5.61. The molecule has 10 heteroatoms. The van der Waals surface area contributed by atoms with Crippen molar-refractivity contribution >= 4 is 5.95 Å². The summed E-state index contributed by atoms with van der Waals surface area (Å²) in [5.41, 5.74) is 5.54. The van der Waals surface area contributed by atoms with Crippen molar-refractivity contribution in [2.24, 2.45) is 0 Å². The molecule has 0 atom stereocenters. The van der Waals surface area contributed by atoms with Gasteiger partial charge in [-0.2, -0.15) is 24.7 Å². The molecule has 2 aromatic heterocycles. The number of rotatable bonds is 3. The van der Waals surface area contributed by atoms with Crippen LogP contribution in [0.15, 0.2) is 30.9 Å². The van der Waals surface area contributed by atoms with Crippen molar-refractivity contribution in [3.8, 4) is 17.7 Å². The van der Waals surface area contributed by atoms with Gasteiger partial charge in [-0.3, -0.25) is 0 Å². The smallest absolute Gasteiger partial charge is 0.328 e. The number of nitrogens with two attached hydrogens (primary N) is 1. The Morgan fingerprint density at radius 2 is 1.95 bits per heavy atom. The molecule has 0 aliphatic carbocycles. The van der Waals surface area contributed by atoms with Crippen LogP contribution in [-0.4, -0.2) is 29.7 Å². The molecule has 0 bridgehead atoms. The van der Waals surface area contributed by atoms with Crippen LogP contribution in [0.3, 0.4) is 0 Å². The second-order valence-electron chi connectivity index (χ2n) is 3.79. The number of ether oxygens (including phenoxy) is 1. The van der Waals surface area contributed by atoms with E-state index in [2.05, 4.69) is 25.0 Å². The first kappa shape index (κ1) is 12.8. The zero-order chi connectivity index (χ0) is 14.8. The number of hydrogen-bond acceptors (Lipinski definition) is 7. The molecule has 21 heavy (non-hydrogen) atoms. The molecule has 0 radical (unpaired) electrons. The third kappa shape index (κ3) is 2.73. The molecule has 0 aliphatic rings. The van der Waals surface area contributed by atoms with Crippen LogP contribution >= 0.6 is 0 Å². The fourth-order valence-corrected chi connectivity index (χ4v) is 1.47. The molecular weight excluding hydrogens is 284 g/mol. The summed E-state index contributed by atoms with van der Waals surface area (Å²) >= 11 is 0. The molecule has 0 unspecified atom stereocenters. The fourth-order valence-electron chi connectivity index (χ4n) is 1.47. The number of anilines is 1. The van der Waals surface area contributed by atoms with Crippen molar-refractivity contribution in [2.45, 2.75) is 0 Å². The minimum Gasteiger partial charge on any atom is -0.424 e. The van der Waals surface area contributed by atoms with Gasteiger partial charge in [-0.1, -0.05) is 0 Å². The van der Waals surface area contributed by atoms with Crippen LogP contribution in [0.4, 0.5) is 14.7 Å². The van der Waals surface area contributed by atoms with Crippen LogP contribution in [0.2, 0.25) is 0 Å². The summed E-state index contributed by atoms with van der Waals surface area (Å²) in [5.74, 6) is -2.05. The van der Waals surface area contributed by atoms with E-state index in [0.717, 1.165) is 12.1 Å². The summed E-state index contributed by atoms with van der Waals surface area (Å²) in [4.78, 5) is 15.3. The van der Waals surface area contributed by atoms with E-state index in [1.165, 1.54) is 23.4 Å². The highest BCUT2D eigenvalue weighted by molar-refractivity contribution is 5.29. The quantitative estimate of drug-likeness (QED) is 0.770. The van der Waals surface area contributed by atoms with Gasteiger partial charge < -0.3 is 10.5 Å². The van der Waals surface area contributed by atoms with Crippen molar-refractivity contribution in [3.05, 3.63) is 42.5 Å². The Hall–Kier alpha value is -3.17. The maximum Gasteiger partial charge on any atom is 0.328 e. The van der Waals surface area contributed by atoms with Crippen molar-refractivity contribution in [1.29, 1.82) is 0 Å². The van der Waals surface area contributed by atoms with Crippen LogP contribution < -0.4 is 10.5 Å². The highest BCUT2D eigenvalue weighted by atomic mass is 19.2. The predicted octanol–water partition coefficient (Wildman–Crippen LogP) is 1.10. The van der Waals surface area contributed by atoms with E-state index in [9.17, 15) is 8.78 Å². The van der Waals surface area contributed by atoms with Gasteiger partial charge in [0.15, 0.2) is 11.6 Å². The van der Waals surface area contributed by atoms with E-state index in [4.69, 9.17) is 10.5 Å². The van der Waals surface area contributed by atoms with Crippen LogP contribution in [-0.2, 0) is 0 Å². The van der Waals surface area contributed by atoms with Gasteiger partial charge in [-0.05, 0) is 12.1 Å². The van der Waals surface area contributed by atoms with Crippen LogP contribution in [0.1, 0.15) is 0 Å². The number of nitrogens with zero attached hydrogens (tertiary/aromatic N) is 6. The number of benzene rings is 1. The lowest BCUT2D eigenvalue weighted by atomic mass is 10.3. The average molecular weight is 291 g/mol. The molecular formula is C11H7F2N7O. The highest BCUT2D eigenvalue weighted by Gasteiger charge is 2.10. The molecule has 3 rings (SSSR count). The molecule has 106 valence electrons. The van der Waals surface area contributed by atoms with E-state index in [1.54, 1.807) is 0 Å². The Balaban J connectivity index is 1.93. The zero-order valence-electron chi connectivity index (χ0n) is 10.3. The summed E-state index contributed by atoms with van der Waals surface area (Å²) in [6, 6.07) is 2.84. The molecule has 0 aliphatic heterocycles. The van der Waals surface area contributed by atoms with E-state index >= 15 is 0 Å². The van der Waals surface area contributed by atoms with Crippen LogP contribution in [0.5, 0.6) is 11.8 Å². The van der Waals surface area contributed by atoms with Gasteiger partial charge in [0.25, 0.3) is 5.95 Å². The monoisotopic (exact) mass is 291 g/mol. The van der Waals surface area contributed by atoms with Crippen molar-refractivity contribution in [3.63, 3.8) is 0 Å². The normalized spacial score (nSPS) is 10.6. The molecule has 3 aromatic rings. The minimum atomic E-state index is -1.05. The molecule has 8 nitrogen and oxygen atoms in total. The molecule has 1 aromatic carbocycles. The Kier molecular flexibility index (Phi) is 3.10. The maximum atomic E-state index is 13.1. The largest absolute Gasteiger partial charge is 0.424 e. The topological polar surface area (TPSA) is 105 Å². The summed E-state index contributed by atoms with van der Waals surface area (Å²) in [7, 11) is 0. The summed E-state index contributed by atoms with van der Waals surface area (Å²) in [6.07, 6.45) is 2.64. The average Bonchev–Trinajstić information content (AvgIpc) is 2.96. The second kappa shape index (κ2) is 5.07. The number of halogens is 2. The van der Waals surface area contributed by atoms with Gasteiger partial charge in [-0.15, -0.1) is 0 Å². The van der Waals surface area contributed by atoms with Gasteiger partial charge in [0.2, 0.25) is 5.95 Å². The SMILES string of the molecule is Nc1nc(Oc2ccc(F)c(F)c2)nc(-n2cncn2)n1. The summed E-state index contributed by atoms with van der Waals surface area (Å²) in [5, 5.41) is 3.83. The first-order chi connectivity index (χ1) is 10.1. The van der Waals surface area contributed by atoms with Crippen LogP contribution in [0.25, 0.3) is 5.95 Å². The van der Waals surface area contributed by atoms with Gasteiger partial charge in [0.05, 0.1) is 0 Å². The summed E-state index contributed by atoms with van der Waals surface area (Å²) in [6.45, 7) is 0. The van der Waals surface area contributed by atoms with Crippen molar-refractivity contribution in [1.82, 2.24) is 29.7 Å². The highest BCUT2D eigenvalue weighted by Crippen LogP contribution is 2.21. The molecule has 0 fully saturated rings. The van der Waals surface area contributed by atoms with E-state index in [1.807, 2.05) is 0 Å². The third-order valence-corrected chi connectivity index (χ3v) is 2.34. The molecule has 0 spiro atoms. The van der Waals surface area contributed by atoms with Crippen molar-refractivity contribution < 1.29 is 13.5 Å². The Morgan fingerprint density at radius 3 is 2.67 bits per heavy atom. The standard InChI is InChI=1S/C11H7F2N7O/c12-7-2-1-6(3-8(7)13)21-11-18-9(14)17-10(19-11)20-5-15-4-16-20/h1-5H,(H2,14,17,18,19). The van der Waals surface area contributed by atoms with Gasteiger partial charge in [0.1, 0.15) is 18.4 Å². The number of aromatic nitrogens is 6. The van der Waals surface area contributed by atoms with E-state index in [-0.39, 0.29) is 23.7 Å². The summed E-state index contributed by atoms with van der Waals surface area (Å²) < 4.78 is 32.4. The van der Waals surface area contributed by atoms with Crippen LogP contribution in [0, 0.1) is 11.6 Å². The fraction of sp³-hybridized carbons (Fsp3) is 0. The molecule has 0 saturated carbocycles. The predicted molar refractivity (Wildman–Crippen MR) is 65.6 cm³/mol. The number of hydrogen-bond donors (Lipinski definition) is 1. The van der Waals surface area contributed by atoms with Crippen molar-refractivity contribution in [2.75, 3.05) is 5.73 Å². The third-order valence-electron chi connectivity index (χ3n) is 2.34. The minimum absolute atomic E-state index is 0.0176. The van der Waals surface area contributed by atoms with Gasteiger partial charge in [-0.25, -0.2) is 13.8 Å². The van der Waals surface area contributed by atoms with Gasteiger partial charge in [0, 0.05) is 6.07 Å². The maximum absolute atomic E-state index is 13.1. The Bertz CT molecular complexity index is 778. The van der Waals surface area contributed by atoms with E-state index < -0.39 is 11.6 Å². The lowest BCUT2D eigenvalue weighted by Gasteiger charge is -2.06. The molecule has 0 amide bonds. The zero-order valence-corrected chi connectivity index (χ0v) is 10.3. The Morgan fingerprint density at radius 1 is 1.10 bits per heavy atom. The lowest BCUT2D eigenvalue weighted by molar-refractivity contribution is 0.428.